The third-order valence-electron chi connectivity index (χ3n) is 3.48. The zero-order chi connectivity index (χ0) is 13.9. The SMILES string of the molecule is CC1CN(C(=O)c2ccn(-c3ccccc3)n2)CCN1. The van der Waals surface area contributed by atoms with E-state index in [1.54, 1.807) is 10.7 Å². The van der Waals surface area contributed by atoms with Gasteiger partial charge in [0.25, 0.3) is 5.91 Å². The van der Waals surface area contributed by atoms with Gasteiger partial charge in [0.1, 0.15) is 0 Å². The highest BCUT2D eigenvalue weighted by Crippen LogP contribution is 2.10. The van der Waals surface area contributed by atoms with E-state index in [1.807, 2.05) is 41.4 Å². The van der Waals surface area contributed by atoms with Crippen LogP contribution in [0, 0.1) is 0 Å². The summed E-state index contributed by atoms with van der Waals surface area (Å²) in [6.45, 7) is 4.40. The van der Waals surface area contributed by atoms with Crippen LogP contribution in [0.3, 0.4) is 0 Å². The molecule has 1 unspecified atom stereocenters. The van der Waals surface area contributed by atoms with Gasteiger partial charge in [0, 0.05) is 31.9 Å². The summed E-state index contributed by atoms with van der Waals surface area (Å²) in [5.41, 5.74) is 1.46. The van der Waals surface area contributed by atoms with Gasteiger partial charge in [0.2, 0.25) is 0 Å². The first kappa shape index (κ1) is 12.9. The van der Waals surface area contributed by atoms with Crippen molar-refractivity contribution in [3.8, 4) is 5.69 Å². The molecule has 0 saturated carbocycles. The largest absolute Gasteiger partial charge is 0.334 e. The lowest BCUT2D eigenvalue weighted by molar-refractivity contribution is 0.0702. The fourth-order valence-corrected chi connectivity index (χ4v) is 2.44. The number of para-hydroxylation sites is 1. The lowest BCUT2D eigenvalue weighted by Gasteiger charge is -2.31. The number of hydrogen-bond donors (Lipinski definition) is 1. The van der Waals surface area contributed by atoms with Crippen LogP contribution >= 0.6 is 0 Å². The molecule has 20 heavy (non-hydrogen) atoms. The van der Waals surface area contributed by atoms with Crippen LogP contribution in [0.5, 0.6) is 0 Å². The average molecular weight is 270 g/mol. The molecule has 0 spiro atoms. The molecule has 1 aromatic heterocycles. The van der Waals surface area contributed by atoms with E-state index in [2.05, 4.69) is 17.3 Å². The van der Waals surface area contributed by atoms with Crippen molar-refractivity contribution in [2.75, 3.05) is 19.6 Å². The number of carbonyl (C=O) groups is 1. The Morgan fingerprint density at radius 3 is 2.85 bits per heavy atom. The highest BCUT2D eigenvalue weighted by molar-refractivity contribution is 5.92. The van der Waals surface area contributed by atoms with Gasteiger partial charge in [-0.2, -0.15) is 5.10 Å². The Morgan fingerprint density at radius 2 is 2.10 bits per heavy atom. The molecular formula is C15H18N4O. The van der Waals surface area contributed by atoms with E-state index in [9.17, 15) is 4.79 Å². The van der Waals surface area contributed by atoms with Crippen molar-refractivity contribution in [3.63, 3.8) is 0 Å². The molecule has 0 aliphatic carbocycles. The monoisotopic (exact) mass is 270 g/mol. The van der Waals surface area contributed by atoms with Crippen LogP contribution in [-0.4, -0.2) is 46.3 Å². The topological polar surface area (TPSA) is 50.2 Å². The van der Waals surface area contributed by atoms with E-state index in [0.717, 1.165) is 25.3 Å². The van der Waals surface area contributed by atoms with Crippen molar-refractivity contribution in [1.29, 1.82) is 0 Å². The molecule has 1 aromatic carbocycles. The van der Waals surface area contributed by atoms with E-state index >= 15 is 0 Å². The first-order chi connectivity index (χ1) is 9.74. The molecular weight excluding hydrogens is 252 g/mol. The van der Waals surface area contributed by atoms with Gasteiger partial charge in [-0.25, -0.2) is 4.68 Å². The smallest absolute Gasteiger partial charge is 0.274 e. The van der Waals surface area contributed by atoms with E-state index in [0.29, 0.717) is 11.7 Å². The second-order valence-electron chi connectivity index (χ2n) is 5.09. The Kier molecular flexibility index (Phi) is 3.52. The van der Waals surface area contributed by atoms with Crippen molar-refractivity contribution >= 4 is 5.91 Å². The number of nitrogens with zero attached hydrogens (tertiary/aromatic N) is 3. The van der Waals surface area contributed by atoms with Crippen LogP contribution in [0.2, 0.25) is 0 Å². The number of benzene rings is 1. The summed E-state index contributed by atoms with van der Waals surface area (Å²) in [6.07, 6.45) is 1.83. The van der Waals surface area contributed by atoms with Gasteiger partial charge >= 0.3 is 0 Å². The summed E-state index contributed by atoms with van der Waals surface area (Å²) < 4.78 is 1.73. The number of amides is 1. The third-order valence-corrected chi connectivity index (χ3v) is 3.48. The number of nitrogens with one attached hydrogen (secondary N) is 1. The predicted octanol–water partition coefficient (Wildman–Crippen LogP) is 1.31. The molecule has 1 aliphatic rings. The summed E-state index contributed by atoms with van der Waals surface area (Å²) in [5, 5.41) is 7.72. The van der Waals surface area contributed by atoms with Crippen LogP contribution < -0.4 is 5.32 Å². The van der Waals surface area contributed by atoms with Gasteiger partial charge in [-0.15, -0.1) is 0 Å². The Hall–Kier alpha value is -2.14. The molecule has 5 heteroatoms. The van der Waals surface area contributed by atoms with Crippen molar-refractivity contribution in [2.45, 2.75) is 13.0 Å². The molecule has 1 aliphatic heterocycles. The molecule has 0 bridgehead atoms. The fourth-order valence-electron chi connectivity index (χ4n) is 2.44. The lowest BCUT2D eigenvalue weighted by atomic mass is 10.2. The normalized spacial score (nSPS) is 19.1. The molecule has 2 aromatic rings. The van der Waals surface area contributed by atoms with Crippen molar-refractivity contribution in [2.24, 2.45) is 0 Å². The van der Waals surface area contributed by atoms with Gasteiger partial charge in [0.15, 0.2) is 5.69 Å². The summed E-state index contributed by atoms with van der Waals surface area (Å²) in [4.78, 5) is 14.3. The number of aromatic nitrogens is 2. The standard InChI is InChI=1S/C15H18N4O/c1-12-11-18(10-8-16-12)15(20)14-7-9-19(17-14)13-5-3-2-4-6-13/h2-7,9,12,16H,8,10-11H2,1H3. The molecule has 1 saturated heterocycles. The second kappa shape index (κ2) is 5.46. The molecule has 3 rings (SSSR count). The van der Waals surface area contributed by atoms with Gasteiger partial charge in [-0.1, -0.05) is 18.2 Å². The molecule has 104 valence electrons. The highest BCUT2D eigenvalue weighted by atomic mass is 16.2. The Bertz CT molecular complexity index is 593. The lowest BCUT2D eigenvalue weighted by Crippen LogP contribution is -2.51. The minimum atomic E-state index is 0.00744. The number of hydrogen-bond acceptors (Lipinski definition) is 3. The minimum Gasteiger partial charge on any atom is -0.334 e. The summed E-state index contributed by atoms with van der Waals surface area (Å²) in [6, 6.07) is 11.9. The second-order valence-corrected chi connectivity index (χ2v) is 5.09. The first-order valence-electron chi connectivity index (χ1n) is 6.88. The molecule has 5 nitrogen and oxygen atoms in total. The van der Waals surface area contributed by atoms with Gasteiger partial charge in [0.05, 0.1) is 5.69 Å². The fraction of sp³-hybridized carbons (Fsp3) is 0.333. The molecule has 1 N–H and O–H groups in total. The maximum atomic E-state index is 12.4. The summed E-state index contributed by atoms with van der Waals surface area (Å²) >= 11 is 0. The Labute approximate surface area is 118 Å². The average Bonchev–Trinajstić information content (AvgIpc) is 2.97. The van der Waals surface area contributed by atoms with E-state index in [4.69, 9.17) is 0 Å². The van der Waals surface area contributed by atoms with Crippen LogP contribution in [0.15, 0.2) is 42.6 Å². The van der Waals surface area contributed by atoms with Crippen molar-refractivity contribution < 1.29 is 4.79 Å². The molecule has 1 amide bonds. The van der Waals surface area contributed by atoms with Gasteiger partial charge < -0.3 is 10.2 Å². The van der Waals surface area contributed by atoms with Crippen LogP contribution in [0.1, 0.15) is 17.4 Å². The Balaban J connectivity index is 1.78. The first-order valence-corrected chi connectivity index (χ1v) is 6.88. The maximum Gasteiger partial charge on any atom is 0.274 e. The minimum absolute atomic E-state index is 0.00744. The maximum absolute atomic E-state index is 12.4. The quantitative estimate of drug-likeness (QED) is 0.895. The number of rotatable bonds is 2. The number of carbonyl (C=O) groups excluding carboxylic acids is 1. The van der Waals surface area contributed by atoms with Crippen LogP contribution in [-0.2, 0) is 0 Å². The third kappa shape index (κ3) is 2.58. The molecule has 1 atom stereocenters. The van der Waals surface area contributed by atoms with E-state index < -0.39 is 0 Å². The summed E-state index contributed by atoms with van der Waals surface area (Å²) in [5.74, 6) is 0.00744. The van der Waals surface area contributed by atoms with E-state index in [1.165, 1.54) is 0 Å². The van der Waals surface area contributed by atoms with Gasteiger partial charge in [-0.3, -0.25) is 4.79 Å². The van der Waals surface area contributed by atoms with Crippen molar-refractivity contribution in [3.05, 3.63) is 48.3 Å². The van der Waals surface area contributed by atoms with Gasteiger partial charge in [-0.05, 0) is 25.1 Å². The zero-order valence-electron chi connectivity index (χ0n) is 11.5. The Morgan fingerprint density at radius 1 is 1.30 bits per heavy atom. The van der Waals surface area contributed by atoms with E-state index in [-0.39, 0.29) is 5.91 Å². The summed E-state index contributed by atoms with van der Waals surface area (Å²) in [7, 11) is 0. The number of piperazine rings is 1. The van der Waals surface area contributed by atoms with Crippen LogP contribution in [0.4, 0.5) is 0 Å². The van der Waals surface area contributed by atoms with Crippen molar-refractivity contribution in [1.82, 2.24) is 20.0 Å². The highest BCUT2D eigenvalue weighted by Gasteiger charge is 2.23. The molecule has 2 heterocycles. The molecule has 0 radical (unpaired) electrons. The zero-order valence-corrected chi connectivity index (χ0v) is 11.5. The molecule has 1 fully saturated rings. The van der Waals surface area contributed by atoms with Crippen LogP contribution in [0.25, 0.3) is 5.69 Å². The predicted molar refractivity (Wildman–Crippen MR) is 76.9 cm³/mol.